The third-order valence-electron chi connectivity index (χ3n) is 4.89. The minimum atomic E-state index is -0.372. The van der Waals surface area contributed by atoms with Gasteiger partial charge in [0.25, 0.3) is 0 Å². The van der Waals surface area contributed by atoms with Gasteiger partial charge in [-0.2, -0.15) is 10.2 Å². The molecule has 2 heterocycles. The molecule has 0 bridgehead atoms. The number of aromatic nitrogens is 4. The molecule has 1 N–H and O–H groups in total. The van der Waals surface area contributed by atoms with Crippen LogP contribution in [0.3, 0.4) is 0 Å². The molecule has 4 aromatic rings. The standard InChI is InChI=1S/C22H19N5O/c1-3-20-19(21-25-22(28)26-27(21)14(2)24-20)12-15-8-10-16(11-9-15)18-7-5-4-6-17(18)13-23/h4-11H,3,12H2,1-2H3,(H,26,28). The van der Waals surface area contributed by atoms with Crippen molar-refractivity contribution < 1.29 is 0 Å². The van der Waals surface area contributed by atoms with Gasteiger partial charge in [-0.15, -0.1) is 0 Å². The van der Waals surface area contributed by atoms with Gasteiger partial charge in [0.2, 0.25) is 0 Å². The lowest BCUT2D eigenvalue weighted by atomic mass is 9.97. The minimum Gasteiger partial charge on any atom is -0.244 e. The number of nitrogens with one attached hydrogen (secondary N) is 1. The number of H-pyrrole nitrogens is 1. The first-order valence-corrected chi connectivity index (χ1v) is 9.16. The molecular formula is C22H19N5O. The van der Waals surface area contributed by atoms with E-state index in [-0.39, 0.29) is 5.69 Å². The highest BCUT2D eigenvalue weighted by Crippen LogP contribution is 2.25. The molecule has 0 saturated carbocycles. The Morgan fingerprint density at radius 3 is 2.57 bits per heavy atom. The molecule has 2 aromatic carbocycles. The molecule has 4 rings (SSSR count). The summed E-state index contributed by atoms with van der Waals surface area (Å²) in [6.07, 6.45) is 1.39. The SMILES string of the molecule is CCc1nc(C)n2[nH]c(=O)nc2c1Cc1ccc(-c2ccccc2C#N)cc1. The van der Waals surface area contributed by atoms with Crippen LogP contribution in [-0.2, 0) is 12.8 Å². The third-order valence-corrected chi connectivity index (χ3v) is 4.89. The van der Waals surface area contributed by atoms with Crippen LogP contribution in [0.1, 0.15) is 35.1 Å². The monoisotopic (exact) mass is 369 g/mol. The minimum absolute atomic E-state index is 0.372. The normalized spacial score (nSPS) is 10.9. The molecular weight excluding hydrogens is 350 g/mol. The molecule has 0 aliphatic rings. The molecule has 0 saturated heterocycles. The van der Waals surface area contributed by atoms with Crippen molar-refractivity contribution in [3.63, 3.8) is 0 Å². The second-order valence-electron chi connectivity index (χ2n) is 6.66. The zero-order valence-corrected chi connectivity index (χ0v) is 15.7. The number of nitriles is 1. The van der Waals surface area contributed by atoms with E-state index in [9.17, 15) is 10.1 Å². The van der Waals surface area contributed by atoms with Gasteiger partial charge in [0.1, 0.15) is 5.82 Å². The lowest BCUT2D eigenvalue weighted by molar-refractivity contribution is 0.812. The molecule has 6 nitrogen and oxygen atoms in total. The zero-order chi connectivity index (χ0) is 19.7. The largest absolute Gasteiger partial charge is 0.362 e. The second-order valence-corrected chi connectivity index (χ2v) is 6.66. The topological polar surface area (TPSA) is 86.8 Å². The van der Waals surface area contributed by atoms with E-state index in [2.05, 4.69) is 28.1 Å². The summed E-state index contributed by atoms with van der Waals surface area (Å²) in [5.41, 5.74) is 5.83. The average Bonchev–Trinajstić information content (AvgIpc) is 3.12. The Hall–Kier alpha value is -3.72. The van der Waals surface area contributed by atoms with Gasteiger partial charge in [0, 0.05) is 17.7 Å². The number of nitrogens with zero attached hydrogens (tertiary/aromatic N) is 4. The maximum absolute atomic E-state index is 11.8. The van der Waals surface area contributed by atoms with Gasteiger partial charge >= 0.3 is 5.69 Å². The first-order chi connectivity index (χ1) is 13.6. The van der Waals surface area contributed by atoms with Crippen LogP contribution >= 0.6 is 0 Å². The molecule has 0 aliphatic heterocycles. The highest BCUT2D eigenvalue weighted by molar-refractivity contribution is 5.70. The lowest BCUT2D eigenvalue weighted by Gasteiger charge is -2.11. The summed E-state index contributed by atoms with van der Waals surface area (Å²) in [7, 11) is 0. The van der Waals surface area contributed by atoms with Gasteiger partial charge in [-0.3, -0.25) is 0 Å². The molecule has 0 unspecified atom stereocenters. The predicted molar refractivity (Wildman–Crippen MR) is 107 cm³/mol. The summed E-state index contributed by atoms with van der Waals surface area (Å²) < 4.78 is 1.65. The molecule has 0 atom stereocenters. The van der Waals surface area contributed by atoms with Gasteiger partial charge in [-0.1, -0.05) is 49.4 Å². The van der Waals surface area contributed by atoms with Crippen LogP contribution in [-0.4, -0.2) is 19.6 Å². The number of rotatable bonds is 4. The van der Waals surface area contributed by atoms with E-state index in [0.717, 1.165) is 34.4 Å². The Morgan fingerprint density at radius 1 is 1.11 bits per heavy atom. The smallest absolute Gasteiger partial charge is 0.244 e. The van der Waals surface area contributed by atoms with Gasteiger partial charge in [0.15, 0.2) is 5.65 Å². The highest BCUT2D eigenvalue weighted by Gasteiger charge is 2.15. The van der Waals surface area contributed by atoms with E-state index in [0.29, 0.717) is 23.5 Å². The molecule has 6 heteroatoms. The predicted octanol–water partition coefficient (Wildman–Crippen LogP) is 3.42. The highest BCUT2D eigenvalue weighted by atomic mass is 16.1. The van der Waals surface area contributed by atoms with Crippen molar-refractivity contribution in [3.8, 4) is 17.2 Å². The molecule has 0 radical (unpaired) electrons. The molecule has 0 amide bonds. The average molecular weight is 369 g/mol. The fourth-order valence-electron chi connectivity index (χ4n) is 3.51. The van der Waals surface area contributed by atoms with E-state index in [1.165, 1.54) is 0 Å². The summed E-state index contributed by atoms with van der Waals surface area (Å²) in [6.45, 7) is 3.91. The van der Waals surface area contributed by atoms with E-state index >= 15 is 0 Å². The Labute approximate surface area is 162 Å². The van der Waals surface area contributed by atoms with E-state index < -0.39 is 0 Å². The van der Waals surface area contributed by atoms with Crippen LogP contribution in [0, 0.1) is 18.3 Å². The number of hydrogen-bond acceptors (Lipinski definition) is 4. The number of fused-ring (bicyclic) bond motifs is 1. The number of aromatic amines is 1. The Kier molecular flexibility index (Phi) is 4.50. The molecule has 28 heavy (non-hydrogen) atoms. The van der Waals surface area contributed by atoms with Crippen molar-refractivity contribution in [1.82, 2.24) is 19.6 Å². The maximum atomic E-state index is 11.8. The van der Waals surface area contributed by atoms with E-state index in [1.54, 1.807) is 4.52 Å². The first kappa shape index (κ1) is 17.7. The van der Waals surface area contributed by atoms with Gasteiger partial charge in [-0.05, 0) is 36.1 Å². The van der Waals surface area contributed by atoms with Crippen molar-refractivity contribution >= 4 is 5.65 Å². The van der Waals surface area contributed by atoms with Crippen molar-refractivity contribution in [2.24, 2.45) is 0 Å². The molecule has 2 aromatic heterocycles. The number of hydrogen-bond donors (Lipinski definition) is 1. The fourth-order valence-corrected chi connectivity index (χ4v) is 3.51. The Balaban J connectivity index is 1.74. The van der Waals surface area contributed by atoms with Crippen LogP contribution in [0.25, 0.3) is 16.8 Å². The van der Waals surface area contributed by atoms with Crippen LogP contribution in [0.15, 0.2) is 53.3 Å². The van der Waals surface area contributed by atoms with Crippen LogP contribution < -0.4 is 5.69 Å². The molecule has 0 aliphatic carbocycles. The summed E-state index contributed by atoms with van der Waals surface area (Å²) >= 11 is 0. The van der Waals surface area contributed by atoms with Crippen LogP contribution in [0.5, 0.6) is 0 Å². The van der Waals surface area contributed by atoms with Crippen molar-refractivity contribution in [1.29, 1.82) is 5.26 Å². The van der Waals surface area contributed by atoms with Gasteiger partial charge in [-0.25, -0.2) is 19.4 Å². The fraction of sp³-hybridized carbons (Fsp3) is 0.182. The van der Waals surface area contributed by atoms with Crippen molar-refractivity contribution in [2.45, 2.75) is 26.7 Å². The third kappa shape index (κ3) is 3.08. The van der Waals surface area contributed by atoms with Gasteiger partial charge < -0.3 is 0 Å². The molecule has 138 valence electrons. The maximum Gasteiger partial charge on any atom is 0.362 e. The first-order valence-electron chi connectivity index (χ1n) is 9.16. The Morgan fingerprint density at radius 2 is 1.86 bits per heavy atom. The summed E-state index contributed by atoms with van der Waals surface area (Å²) in [5.74, 6) is 0.716. The number of aryl methyl sites for hydroxylation is 2. The van der Waals surface area contributed by atoms with E-state index in [4.69, 9.17) is 0 Å². The molecule has 0 fully saturated rings. The van der Waals surface area contributed by atoms with Gasteiger partial charge in [0.05, 0.1) is 11.6 Å². The second kappa shape index (κ2) is 7.12. The number of benzene rings is 2. The summed E-state index contributed by atoms with van der Waals surface area (Å²) in [4.78, 5) is 20.5. The molecule has 0 spiro atoms. The van der Waals surface area contributed by atoms with Crippen LogP contribution in [0.2, 0.25) is 0 Å². The summed E-state index contributed by atoms with van der Waals surface area (Å²) in [5, 5.41) is 12.0. The van der Waals surface area contributed by atoms with Crippen molar-refractivity contribution in [3.05, 3.63) is 87.2 Å². The Bertz CT molecular complexity index is 1260. The zero-order valence-electron chi connectivity index (χ0n) is 15.7. The lowest BCUT2D eigenvalue weighted by Crippen LogP contribution is -2.08. The van der Waals surface area contributed by atoms with E-state index in [1.807, 2.05) is 55.5 Å². The quantitative estimate of drug-likeness (QED) is 0.597. The summed E-state index contributed by atoms with van der Waals surface area (Å²) in [6, 6.07) is 17.9. The van der Waals surface area contributed by atoms with Crippen molar-refractivity contribution in [2.75, 3.05) is 0 Å². The van der Waals surface area contributed by atoms with Crippen LogP contribution in [0.4, 0.5) is 0 Å².